The van der Waals surface area contributed by atoms with Gasteiger partial charge in [0.25, 0.3) is 0 Å². The van der Waals surface area contributed by atoms with Gasteiger partial charge in [-0.25, -0.2) is 0 Å². The predicted molar refractivity (Wildman–Crippen MR) is 82.4 cm³/mol. The lowest BCUT2D eigenvalue weighted by Gasteiger charge is -2.32. The highest BCUT2D eigenvalue weighted by Crippen LogP contribution is 2.34. The molecule has 0 aromatic carbocycles. The third-order valence-corrected chi connectivity index (χ3v) is 5.17. The van der Waals surface area contributed by atoms with E-state index in [2.05, 4.69) is 31.1 Å². The van der Waals surface area contributed by atoms with E-state index in [1.165, 1.54) is 32.2 Å². The van der Waals surface area contributed by atoms with Gasteiger partial charge in [-0.1, -0.05) is 12.8 Å². The first kappa shape index (κ1) is 15.8. The summed E-state index contributed by atoms with van der Waals surface area (Å²) in [5.74, 6) is 0.685. The van der Waals surface area contributed by atoms with E-state index in [1.807, 2.05) is 0 Å². The number of rotatable bonds is 6. The van der Waals surface area contributed by atoms with Crippen LogP contribution in [0.2, 0.25) is 0 Å². The van der Waals surface area contributed by atoms with Gasteiger partial charge in [0.1, 0.15) is 0 Å². The van der Waals surface area contributed by atoms with E-state index in [0.29, 0.717) is 12.1 Å². The van der Waals surface area contributed by atoms with Crippen molar-refractivity contribution in [1.82, 2.24) is 10.2 Å². The molecule has 0 heterocycles. The first-order chi connectivity index (χ1) is 9.43. The van der Waals surface area contributed by atoms with Gasteiger partial charge < -0.3 is 16.0 Å². The van der Waals surface area contributed by atoms with Gasteiger partial charge in [-0.15, -0.1) is 0 Å². The molecule has 2 unspecified atom stereocenters. The van der Waals surface area contributed by atoms with Crippen LogP contribution in [0.15, 0.2) is 0 Å². The lowest BCUT2D eigenvalue weighted by Crippen LogP contribution is -2.56. The van der Waals surface area contributed by atoms with E-state index < -0.39 is 5.54 Å². The summed E-state index contributed by atoms with van der Waals surface area (Å²) in [7, 11) is 2.22. The molecule has 4 heteroatoms. The smallest absolute Gasteiger partial charge is 0.237 e. The van der Waals surface area contributed by atoms with Crippen LogP contribution < -0.4 is 11.1 Å². The Labute approximate surface area is 123 Å². The molecule has 2 aliphatic rings. The monoisotopic (exact) mass is 281 g/mol. The van der Waals surface area contributed by atoms with E-state index in [1.54, 1.807) is 0 Å². The number of carbonyl (C=O) groups is 1. The third-order valence-electron chi connectivity index (χ3n) is 5.17. The van der Waals surface area contributed by atoms with E-state index in [0.717, 1.165) is 25.2 Å². The molecule has 0 aromatic rings. The van der Waals surface area contributed by atoms with Gasteiger partial charge in [0.15, 0.2) is 0 Å². The average molecular weight is 281 g/mol. The van der Waals surface area contributed by atoms with Gasteiger partial charge in [-0.3, -0.25) is 4.79 Å². The molecule has 116 valence electrons. The second kappa shape index (κ2) is 6.44. The Bertz CT molecular complexity index is 339. The minimum absolute atomic E-state index is 0.178. The van der Waals surface area contributed by atoms with Crippen molar-refractivity contribution in [3.8, 4) is 0 Å². The number of carbonyl (C=O) groups excluding carboxylic acids is 1. The van der Waals surface area contributed by atoms with Gasteiger partial charge >= 0.3 is 0 Å². The molecule has 2 aliphatic carbocycles. The molecule has 1 amide bonds. The van der Waals surface area contributed by atoms with E-state index in [4.69, 9.17) is 5.73 Å². The SMILES string of the molecule is CC(C)NC1(C(N)=O)CCC(N(C)CC2CCCC2)C1. The molecule has 2 saturated carbocycles. The highest BCUT2D eigenvalue weighted by atomic mass is 16.1. The molecule has 0 bridgehead atoms. The minimum Gasteiger partial charge on any atom is -0.368 e. The minimum atomic E-state index is -0.483. The molecule has 4 nitrogen and oxygen atoms in total. The number of nitrogens with one attached hydrogen (secondary N) is 1. The quantitative estimate of drug-likeness (QED) is 0.781. The zero-order chi connectivity index (χ0) is 14.8. The molecule has 0 aliphatic heterocycles. The molecule has 2 rings (SSSR count). The van der Waals surface area contributed by atoms with E-state index >= 15 is 0 Å². The van der Waals surface area contributed by atoms with Crippen LogP contribution in [0.3, 0.4) is 0 Å². The standard InChI is InChI=1S/C16H31N3O/c1-12(2)18-16(15(17)20)9-8-14(10-16)19(3)11-13-6-4-5-7-13/h12-14,18H,4-11H2,1-3H3,(H2,17,20). The molecule has 0 radical (unpaired) electrons. The fourth-order valence-corrected chi connectivity index (χ4v) is 4.12. The zero-order valence-electron chi connectivity index (χ0n) is 13.3. The predicted octanol–water partition coefficient (Wildman–Crippen LogP) is 1.88. The summed E-state index contributed by atoms with van der Waals surface area (Å²) in [5.41, 5.74) is 5.20. The van der Waals surface area contributed by atoms with Crippen molar-refractivity contribution in [2.45, 2.75) is 76.4 Å². The van der Waals surface area contributed by atoms with Crippen LogP contribution >= 0.6 is 0 Å². The van der Waals surface area contributed by atoms with Crippen LogP contribution in [0.5, 0.6) is 0 Å². The average Bonchev–Trinajstić information content (AvgIpc) is 2.98. The van der Waals surface area contributed by atoms with Crippen molar-refractivity contribution < 1.29 is 4.79 Å². The highest BCUT2D eigenvalue weighted by molar-refractivity contribution is 5.85. The summed E-state index contributed by atoms with van der Waals surface area (Å²) >= 11 is 0. The second-order valence-electron chi connectivity index (χ2n) is 7.23. The van der Waals surface area contributed by atoms with Crippen molar-refractivity contribution >= 4 is 5.91 Å². The Morgan fingerprint density at radius 3 is 2.55 bits per heavy atom. The number of amides is 1. The van der Waals surface area contributed by atoms with Crippen LogP contribution in [-0.2, 0) is 4.79 Å². The van der Waals surface area contributed by atoms with Crippen molar-refractivity contribution in [2.75, 3.05) is 13.6 Å². The maximum atomic E-state index is 11.9. The molecular formula is C16H31N3O. The van der Waals surface area contributed by atoms with Crippen molar-refractivity contribution in [3.63, 3.8) is 0 Å². The fraction of sp³-hybridized carbons (Fsp3) is 0.938. The Balaban J connectivity index is 1.93. The Kier molecular flexibility index (Phi) is 5.08. The van der Waals surface area contributed by atoms with Crippen LogP contribution in [0, 0.1) is 5.92 Å². The first-order valence-electron chi connectivity index (χ1n) is 8.21. The topological polar surface area (TPSA) is 58.4 Å². The summed E-state index contributed by atoms with van der Waals surface area (Å²) in [6.07, 6.45) is 8.35. The van der Waals surface area contributed by atoms with Crippen LogP contribution in [0.4, 0.5) is 0 Å². The van der Waals surface area contributed by atoms with Crippen molar-refractivity contribution in [3.05, 3.63) is 0 Å². The molecule has 2 fully saturated rings. The third kappa shape index (κ3) is 3.53. The first-order valence-corrected chi connectivity index (χ1v) is 8.21. The van der Waals surface area contributed by atoms with E-state index in [-0.39, 0.29) is 5.91 Å². The molecule has 0 saturated heterocycles. The molecule has 20 heavy (non-hydrogen) atoms. The largest absolute Gasteiger partial charge is 0.368 e. The molecule has 0 aromatic heterocycles. The van der Waals surface area contributed by atoms with Gasteiger partial charge in [-0.2, -0.15) is 0 Å². The van der Waals surface area contributed by atoms with Gasteiger partial charge in [0, 0.05) is 18.6 Å². The lowest BCUT2D eigenvalue weighted by atomic mass is 9.95. The van der Waals surface area contributed by atoms with Crippen LogP contribution in [-0.4, -0.2) is 42.0 Å². The Morgan fingerprint density at radius 1 is 1.35 bits per heavy atom. The fourth-order valence-electron chi connectivity index (χ4n) is 4.12. The van der Waals surface area contributed by atoms with Gasteiger partial charge in [-0.05, 0) is 58.9 Å². The molecule has 3 N–H and O–H groups in total. The Hall–Kier alpha value is -0.610. The Morgan fingerprint density at radius 2 is 2.00 bits per heavy atom. The maximum Gasteiger partial charge on any atom is 0.237 e. The second-order valence-corrected chi connectivity index (χ2v) is 7.23. The van der Waals surface area contributed by atoms with Gasteiger partial charge in [0.2, 0.25) is 5.91 Å². The van der Waals surface area contributed by atoms with Crippen LogP contribution in [0.25, 0.3) is 0 Å². The molecular weight excluding hydrogens is 250 g/mol. The number of primary amides is 1. The molecule has 2 atom stereocenters. The lowest BCUT2D eigenvalue weighted by molar-refractivity contribution is -0.124. The number of nitrogens with two attached hydrogens (primary N) is 1. The zero-order valence-corrected chi connectivity index (χ0v) is 13.3. The number of nitrogens with zero attached hydrogens (tertiary/aromatic N) is 1. The summed E-state index contributed by atoms with van der Waals surface area (Å²) < 4.78 is 0. The maximum absolute atomic E-state index is 11.9. The number of hydrogen-bond acceptors (Lipinski definition) is 3. The van der Waals surface area contributed by atoms with Crippen LogP contribution in [0.1, 0.15) is 58.8 Å². The van der Waals surface area contributed by atoms with E-state index in [9.17, 15) is 4.79 Å². The molecule has 0 spiro atoms. The summed E-state index contributed by atoms with van der Waals surface area (Å²) in [6, 6.07) is 0.788. The van der Waals surface area contributed by atoms with Crippen molar-refractivity contribution in [1.29, 1.82) is 0 Å². The summed E-state index contributed by atoms with van der Waals surface area (Å²) in [4.78, 5) is 14.4. The normalized spacial score (nSPS) is 31.6. The van der Waals surface area contributed by atoms with Gasteiger partial charge in [0.05, 0.1) is 5.54 Å². The summed E-state index contributed by atoms with van der Waals surface area (Å²) in [6.45, 7) is 5.35. The van der Waals surface area contributed by atoms with Crippen molar-refractivity contribution in [2.24, 2.45) is 11.7 Å². The summed E-state index contributed by atoms with van der Waals surface area (Å²) in [5, 5.41) is 3.43. The highest BCUT2D eigenvalue weighted by Gasteiger charge is 2.45. The number of hydrogen-bond donors (Lipinski definition) is 2.